The number of benzene rings is 1. The fourth-order valence-corrected chi connectivity index (χ4v) is 3.50. The highest BCUT2D eigenvalue weighted by Gasteiger charge is 2.17. The van der Waals surface area contributed by atoms with Gasteiger partial charge in [0.05, 0.1) is 6.54 Å². The van der Waals surface area contributed by atoms with Crippen molar-refractivity contribution >= 4 is 17.7 Å². The molecule has 2 heterocycles. The van der Waals surface area contributed by atoms with Crippen molar-refractivity contribution in [3.8, 4) is 5.75 Å². The zero-order valence-corrected chi connectivity index (χ0v) is 14.1. The maximum absolute atomic E-state index is 12.4. The number of nitrogens with zero attached hydrogens (tertiary/aromatic N) is 3. The van der Waals surface area contributed by atoms with Crippen LogP contribution in [0.2, 0.25) is 0 Å². The topological polar surface area (TPSA) is 47.4 Å². The van der Waals surface area contributed by atoms with Gasteiger partial charge in [0.1, 0.15) is 12.4 Å². The van der Waals surface area contributed by atoms with Crippen molar-refractivity contribution in [1.29, 1.82) is 0 Å². The Morgan fingerprint density at radius 2 is 1.96 bits per heavy atom. The van der Waals surface area contributed by atoms with Crippen molar-refractivity contribution in [3.63, 3.8) is 0 Å². The summed E-state index contributed by atoms with van der Waals surface area (Å²) in [4.78, 5) is 19.2. The Kier molecular flexibility index (Phi) is 5.23. The van der Waals surface area contributed by atoms with Crippen LogP contribution in [-0.4, -0.2) is 40.8 Å². The summed E-state index contributed by atoms with van der Waals surface area (Å²) in [5.41, 5.74) is 0.755. The second-order valence-corrected chi connectivity index (χ2v) is 6.67. The Morgan fingerprint density at radius 3 is 2.70 bits per heavy atom. The molecule has 0 bridgehead atoms. The van der Waals surface area contributed by atoms with Crippen molar-refractivity contribution in [3.05, 3.63) is 52.4 Å². The second kappa shape index (κ2) is 7.55. The van der Waals surface area contributed by atoms with E-state index in [-0.39, 0.29) is 5.56 Å². The molecule has 0 radical (unpaired) electrons. The van der Waals surface area contributed by atoms with E-state index in [0.29, 0.717) is 13.2 Å². The van der Waals surface area contributed by atoms with Gasteiger partial charge in [-0.3, -0.25) is 9.36 Å². The van der Waals surface area contributed by atoms with E-state index in [0.717, 1.165) is 42.0 Å². The Morgan fingerprint density at radius 1 is 1.22 bits per heavy atom. The molecule has 5 nitrogen and oxygen atoms in total. The molecule has 0 aliphatic carbocycles. The third kappa shape index (κ3) is 4.07. The number of anilines is 1. The van der Waals surface area contributed by atoms with Crippen LogP contribution < -0.4 is 15.2 Å². The third-order valence-corrected chi connectivity index (χ3v) is 4.68. The molecule has 1 saturated heterocycles. The number of rotatable bonds is 5. The van der Waals surface area contributed by atoms with Crippen LogP contribution in [0.1, 0.15) is 5.69 Å². The van der Waals surface area contributed by atoms with Gasteiger partial charge in [0, 0.05) is 36.4 Å². The number of hydrogen-bond acceptors (Lipinski definition) is 5. The van der Waals surface area contributed by atoms with Gasteiger partial charge in [0.15, 0.2) is 0 Å². The average molecular weight is 331 g/mol. The van der Waals surface area contributed by atoms with Gasteiger partial charge in [0.2, 0.25) is 5.95 Å². The minimum absolute atomic E-state index is 0.0117. The maximum Gasteiger partial charge on any atom is 0.255 e. The second-order valence-electron chi connectivity index (χ2n) is 5.45. The maximum atomic E-state index is 12.4. The fourth-order valence-electron chi connectivity index (χ4n) is 2.59. The predicted molar refractivity (Wildman–Crippen MR) is 94.7 cm³/mol. The summed E-state index contributed by atoms with van der Waals surface area (Å²) in [5.74, 6) is 3.73. The lowest BCUT2D eigenvalue weighted by Crippen LogP contribution is -2.39. The van der Waals surface area contributed by atoms with Gasteiger partial charge in [-0.25, -0.2) is 4.98 Å². The first kappa shape index (κ1) is 15.9. The van der Waals surface area contributed by atoms with Crippen molar-refractivity contribution in [2.24, 2.45) is 0 Å². The first-order chi connectivity index (χ1) is 11.2. The summed E-state index contributed by atoms with van der Waals surface area (Å²) in [6.07, 6.45) is 0. The van der Waals surface area contributed by atoms with Crippen molar-refractivity contribution in [1.82, 2.24) is 9.55 Å². The van der Waals surface area contributed by atoms with E-state index in [9.17, 15) is 4.79 Å². The molecule has 0 unspecified atom stereocenters. The third-order valence-electron chi connectivity index (χ3n) is 3.74. The van der Waals surface area contributed by atoms with Crippen molar-refractivity contribution in [2.75, 3.05) is 36.1 Å². The number of hydrogen-bond donors (Lipinski definition) is 0. The van der Waals surface area contributed by atoms with Crippen LogP contribution in [0.15, 0.2) is 41.2 Å². The highest BCUT2D eigenvalue weighted by molar-refractivity contribution is 7.99. The molecule has 0 spiro atoms. The quantitative estimate of drug-likeness (QED) is 0.840. The van der Waals surface area contributed by atoms with Crippen LogP contribution in [0.3, 0.4) is 0 Å². The minimum atomic E-state index is -0.0117. The molecule has 0 amide bonds. The number of aryl methyl sites for hydroxylation is 1. The summed E-state index contributed by atoms with van der Waals surface area (Å²) >= 11 is 1.94. The van der Waals surface area contributed by atoms with Gasteiger partial charge in [-0.1, -0.05) is 18.2 Å². The minimum Gasteiger partial charge on any atom is -0.492 e. The lowest BCUT2D eigenvalue weighted by molar-refractivity contribution is 0.296. The van der Waals surface area contributed by atoms with Crippen LogP contribution in [0.4, 0.5) is 5.95 Å². The van der Waals surface area contributed by atoms with E-state index >= 15 is 0 Å². The van der Waals surface area contributed by atoms with E-state index < -0.39 is 0 Å². The number of thioether (sulfide) groups is 1. The fraction of sp³-hybridized carbons (Fsp3) is 0.412. The number of aromatic nitrogens is 2. The number of ether oxygens (including phenoxy) is 1. The normalized spacial score (nSPS) is 14.7. The Hall–Kier alpha value is -1.95. The molecular formula is C17H21N3O2S. The zero-order chi connectivity index (χ0) is 16.1. The zero-order valence-electron chi connectivity index (χ0n) is 13.3. The van der Waals surface area contributed by atoms with Crippen molar-refractivity contribution in [2.45, 2.75) is 13.5 Å². The molecule has 1 fully saturated rings. The van der Waals surface area contributed by atoms with E-state index in [1.807, 2.05) is 49.0 Å². The summed E-state index contributed by atoms with van der Waals surface area (Å²) in [5, 5.41) is 0. The SMILES string of the molecule is Cc1cc(=O)n(CCOc2ccccc2)c(N2CCSCC2)n1. The van der Waals surface area contributed by atoms with Crippen LogP contribution in [0.5, 0.6) is 5.75 Å². The van der Waals surface area contributed by atoms with Crippen LogP contribution >= 0.6 is 11.8 Å². The molecule has 1 aliphatic rings. The predicted octanol–water partition coefficient (Wildman–Crippen LogP) is 2.18. The van der Waals surface area contributed by atoms with Gasteiger partial charge < -0.3 is 9.64 Å². The lowest BCUT2D eigenvalue weighted by Gasteiger charge is -2.29. The molecule has 1 aliphatic heterocycles. The molecule has 0 saturated carbocycles. The summed E-state index contributed by atoms with van der Waals surface area (Å²) in [7, 11) is 0. The molecule has 0 N–H and O–H groups in total. The Bertz CT molecular complexity index is 697. The monoisotopic (exact) mass is 331 g/mol. The van der Waals surface area contributed by atoms with Gasteiger partial charge in [-0.15, -0.1) is 0 Å². The van der Waals surface area contributed by atoms with E-state index in [2.05, 4.69) is 9.88 Å². The molecular weight excluding hydrogens is 310 g/mol. The molecule has 23 heavy (non-hydrogen) atoms. The van der Waals surface area contributed by atoms with E-state index in [1.54, 1.807) is 10.6 Å². The highest BCUT2D eigenvalue weighted by Crippen LogP contribution is 2.17. The Balaban J connectivity index is 1.76. The number of para-hydroxylation sites is 1. The summed E-state index contributed by atoms with van der Waals surface area (Å²) < 4.78 is 7.46. The average Bonchev–Trinajstić information content (AvgIpc) is 2.58. The van der Waals surface area contributed by atoms with Gasteiger partial charge in [-0.05, 0) is 19.1 Å². The van der Waals surface area contributed by atoms with Gasteiger partial charge >= 0.3 is 0 Å². The molecule has 122 valence electrons. The molecule has 1 aromatic heterocycles. The van der Waals surface area contributed by atoms with E-state index in [4.69, 9.17) is 4.74 Å². The van der Waals surface area contributed by atoms with Crippen LogP contribution in [0.25, 0.3) is 0 Å². The van der Waals surface area contributed by atoms with Crippen molar-refractivity contribution < 1.29 is 4.74 Å². The molecule has 1 aromatic carbocycles. The Labute approximate surface area is 140 Å². The molecule has 0 atom stereocenters. The largest absolute Gasteiger partial charge is 0.492 e. The van der Waals surface area contributed by atoms with E-state index in [1.165, 1.54) is 0 Å². The first-order valence-corrected chi connectivity index (χ1v) is 8.98. The highest BCUT2D eigenvalue weighted by atomic mass is 32.2. The molecule has 6 heteroatoms. The van der Waals surface area contributed by atoms with Gasteiger partial charge in [-0.2, -0.15) is 11.8 Å². The molecule has 3 rings (SSSR count). The van der Waals surface area contributed by atoms with Crippen LogP contribution in [-0.2, 0) is 6.54 Å². The first-order valence-electron chi connectivity index (χ1n) is 7.83. The lowest BCUT2D eigenvalue weighted by atomic mass is 10.3. The van der Waals surface area contributed by atoms with Crippen LogP contribution in [0, 0.1) is 6.92 Å². The summed E-state index contributed by atoms with van der Waals surface area (Å²) in [6, 6.07) is 11.2. The smallest absolute Gasteiger partial charge is 0.255 e. The standard InChI is InChI=1S/C17H21N3O2S/c1-14-13-16(21)20(7-10-22-15-5-3-2-4-6-15)17(18-14)19-8-11-23-12-9-19/h2-6,13H,7-12H2,1H3. The van der Waals surface area contributed by atoms with Gasteiger partial charge in [0.25, 0.3) is 5.56 Å². The molecule has 2 aromatic rings. The summed E-state index contributed by atoms with van der Waals surface area (Å²) in [6.45, 7) is 4.68.